The van der Waals surface area contributed by atoms with Gasteiger partial charge in [-0.1, -0.05) is 6.07 Å². The lowest BCUT2D eigenvalue weighted by Crippen LogP contribution is -2.44. The molecule has 1 aromatic heterocycles. The summed E-state index contributed by atoms with van der Waals surface area (Å²) < 4.78 is 44.0. The summed E-state index contributed by atoms with van der Waals surface area (Å²) in [4.78, 5) is 47.0. The maximum Gasteiger partial charge on any atom is 0.416 e. The van der Waals surface area contributed by atoms with E-state index in [-0.39, 0.29) is 30.0 Å². The number of rotatable bonds is 7. The molecule has 0 bridgehead atoms. The van der Waals surface area contributed by atoms with Gasteiger partial charge in [-0.2, -0.15) is 13.2 Å². The molecule has 2 aromatic rings. The molecule has 1 aliphatic carbocycles. The molecule has 1 saturated carbocycles. The summed E-state index contributed by atoms with van der Waals surface area (Å²) in [5, 5.41) is 6.37. The average molecular weight is 594 g/mol. The van der Waals surface area contributed by atoms with Crippen molar-refractivity contribution in [1.29, 1.82) is 0 Å². The monoisotopic (exact) mass is 593 g/mol. The first-order valence-corrected chi connectivity index (χ1v) is 14.8. The predicted molar refractivity (Wildman–Crippen MR) is 146 cm³/mol. The Hall–Kier alpha value is -3.03. The third-order valence-electron chi connectivity index (χ3n) is 8.04. The van der Waals surface area contributed by atoms with Crippen LogP contribution in [0, 0.1) is 0 Å². The van der Waals surface area contributed by atoms with Crippen LogP contribution in [0.4, 0.5) is 13.2 Å². The van der Waals surface area contributed by atoms with Gasteiger partial charge in [-0.3, -0.25) is 19.3 Å². The Kier molecular flexibility index (Phi) is 9.25. The van der Waals surface area contributed by atoms with Crippen molar-refractivity contribution in [2.45, 2.75) is 56.3 Å². The summed E-state index contributed by atoms with van der Waals surface area (Å²) in [5.41, 5.74) is -1.06. The normalized spacial score (nSPS) is 23.8. The Morgan fingerprint density at radius 1 is 1.05 bits per heavy atom. The predicted octanol–water partition coefficient (Wildman–Crippen LogP) is 3.28. The number of morpholine rings is 1. The number of thiazole rings is 1. The van der Waals surface area contributed by atoms with Crippen LogP contribution in [-0.4, -0.2) is 90.5 Å². The Balaban J connectivity index is 1.03. The van der Waals surface area contributed by atoms with Gasteiger partial charge in [0.15, 0.2) is 0 Å². The zero-order chi connectivity index (χ0) is 29.0. The molecule has 1 aromatic carbocycles. The van der Waals surface area contributed by atoms with Gasteiger partial charge in [0.1, 0.15) is 4.88 Å². The molecule has 9 nitrogen and oxygen atoms in total. The summed E-state index contributed by atoms with van der Waals surface area (Å²) in [6.45, 7) is 3.65. The number of carbonyl (C=O) groups excluding carboxylic acids is 3. The molecule has 1 atom stereocenters. The van der Waals surface area contributed by atoms with Gasteiger partial charge in [-0.25, -0.2) is 4.98 Å². The first-order chi connectivity index (χ1) is 19.7. The van der Waals surface area contributed by atoms with Crippen molar-refractivity contribution in [3.05, 3.63) is 51.5 Å². The van der Waals surface area contributed by atoms with Crippen LogP contribution in [0.5, 0.6) is 0 Å². The quantitative estimate of drug-likeness (QED) is 0.511. The van der Waals surface area contributed by atoms with Crippen LogP contribution in [0.15, 0.2) is 30.5 Å². The van der Waals surface area contributed by atoms with E-state index in [9.17, 15) is 27.6 Å². The third-order valence-corrected chi connectivity index (χ3v) is 9.19. The van der Waals surface area contributed by atoms with Crippen LogP contribution >= 0.6 is 11.3 Å². The summed E-state index contributed by atoms with van der Waals surface area (Å²) in [6, 6.07) is 4.49. The second kappa shape index (κ2) is 12.9. The standard InChI is InChI=1S/C28H34F3N5O4S/c29-28(30,31)20-3-1-2-19(14-20)25(38)32-16-24(37)34-21-8-9-36(17-21)22-6-4-18(5-7-22)26-33-15-23(41-26)27(39)35-10-12-40-13-11-35/h1-3,14-15,18,21-22H,4-13,16-17H2,(H,32,38)(H,34,37). The first-order valence-electron chi connectivity index (χ1n) is 14.0. The topological polar surface area (TPSA) is 104 Å². The van der Waals surface area contributed by atoms with Crippen LogP contribution in [0.3, 0.4) is 0 Å². The van der Waals surface area contributed by atoms with E-state index in [0.717, 1.165) is 62.3 Å². The Labute approximate surface area is 240 Å². The Morgan fingerprint density at radius 2 is 1.80 bits per heavy atom. The maximum absolute atomic E-state index is 12.9. The van der Waals surface area contributed by atoms with E-state index < -0.39 is 17.6 Å². The lowest BCUT2D eigenvalue weighted by atomic mass is 9.86. The molecule has 1 unspecified atom stereocenters. The van der Waals surface area contributed by atoms with Crippen molar-refractivity contribution in [3.63, 3.8) is 0 Å². The number of nitrogens with one attached hydrogen (secondary N) is 2. The van der Waals surface area contributed by atoms with Crippen molar-refractivity contribution in [2.24, 2.45) is 0 Å². The number of benzene rings is 1. The number of halogens is 3. The largest absolute Gasteiger partial charge is 0.416 e. The molecular weight excluding hydrogens is 559 g/mol. The summed E-state index contributed by atoms with van der Waals surface area (Å²) in [6.07, 6.45) is 1.99. The van der Waals surface area contributed by atoms with E-state index in [1.165, 1.54) is 23.5 Å². The van der Waals surface area contributed by atoms with E-state index in [2.05, 4.69) is 20.5 Å². The van der Waals surface area contributed by atoms with Crippen molar-refractivity contribution < 1.29 is 32.3 Å². The van der Waals surface area contributed by atoms with Gasteiger partial charge in [-0.15, -0.1) is 11.3 Å². The fraction of sp³-hybridized carbons (Fsp3) is 0.571. The SMILES string of the molecule is O=C(CNC(=O)c1cccc(C(F)(F)F)c1)NC1CCN(C2CCC(c3ncc(C(=O)N4CCOCC4)s3)CC2)C1. The third kappa shape index (κ3) is 7.44. The van der Waals surface area contributed by atoms with E-state index in [1.807, 2.05) is 4.90 Å². The number of hydrogen-bond acceptors (Lipinski definition) is 7. The number of hydrogen-bond donors (Lipinski definition) is 2. The Bertz CT molecular complexity index is 1240. The van der Waals surface area contributed by atoms with E-state index in [4.69, 9.17) is 4.74 Å². The lowest BCUT2D eigenvalue weighted by Gasteiger charge is -2.34. The fourth-order valence-electron chi connectivity index (χ4n) is 5.80. The van der Waals surface area contributed by atoms with Gasteiger partial charge in [0, 0.05) is 49.7 Å². The number of nitrogens with zero attached hydrogens (tertiary/aromatic N) is 3. The van der Waals surface area contributed by atoms with E-state index in [0.29, 0.717) is 43.1 Å². The van der Waals surface area contributed by atoms with E-state index >= 15 is 0 Å². The average Bonchev–Trinajstić information content (AvgIpc) is 3.66. The van der Waals surface area contributed by atoms with Crippen LogP contribution < -0.4 is 10.6 Å². The zero-order valence-corrected chi connectivity index (χ0v) is 23.4. The molecule has 2 aliphatic heterocycles. The molecule has 2 N–H and O–H groups in total. The molecule has 0 spiro atoms. The highest BCUT2D eigenvalue weighted by Gasteiger charge is 2.34. The van der Waals surface area contributed by atoms with E-state index in [1.54, 1.807) is 6.20 Å². The molecular formula is C28H34F3N5O4S. The lowest BCUT2D eigenvalue weighted by molar-refractivity contribution is -0.137. The fourth-order valence-corrected chi connectivity index (χ4v) is 6.86. The van der Waals surface area contributed by atoms with Gasteiger partial charge in [0.2, 0.25) is 5.91 Å². The minimum Gasteiger partial charge on any atom is -0.378 e. The highest BCUT2D eigenvalue weighted by Crippen LogP contribution is 2.37. The molecule has 3 aliphatic rings. The molecule has 41 heavy (non-hydrogen) atoms. The van der Waals surface area contributed by atoms with Gasteiger partial charge in [0.05, 0.1) is 36.5 Å². The van der Waals surface area contributed by atoms with Gasteiger partial charge >= 0.3 is 6.18 Å². The number of ether oxygens (including phenoxy) is 1. The summed E-state index contributed by atoms with van der Waals surface area (Å²) >= 11 is 1.50. The van der Waals surface area contributed by atoms with Crippen LogP contribution in [0.25, 0.3) is 0 Å². The number of alkyl halides is 3. The zero-order valence-electron chi connectivity index (χ0n) is 22.6. The highest BCUT2D eigenvalue weighted by atomic mass is 32.1. The molecule has 5 rings (SSSR count). The van der Waals surface area contributed by atoms with Gasteiger partial charge < -0.3 is 20.3 Å². The molecule has 3 fully saturated rings. The minimum absolute atomic E-state index is 0.0334. The highest BCUT2D eigenvalue weighted by molar-refractivity contribution is 7.13. The number of amides is 3. The Morgan fingerprint density at radius 3 is 2.54 bits per heavy atom. The first kappa shape index (κ1) is 29.5. The molecule has 3 heterocycles. The van der Waals surface area contributed by atoms with Crippen LogP contribution in [0.2, 0.25) is 0 Å². The summed E-state index contributed by atoms with van der Waals surface area (Å²) in [7, 11) is 0. The molecule has 2 saturated heterocycles. The van der Waals surface area contributed by atoms with Crippen molar-refractivity contribution in [1.82, 2.24) is 25.4 Å². The van der Waals surface area contributed by atoms with Crippen molar-refractivity contribution >= 4 is 29.1 Å². The molecule has 222 valence electrons. The molecule has 13 heteroatoms. The van der Waals surface area contributed by atoms with Crippen molar-refractivity contribution in [3.8, 4) is 0 Å². The minimum atomic E-state index is -4.55. The summed E-state index contributed by atoms with van der Waals surface area (Å²) in [5.74, 6) is -0.715. The smallest absolute Gasteiger partial charge is 0.378 e. The maximum atomic E-state index is 12.9. The number of carbonyl (C=O) groups is 3. The molecule has 0 radical (unpaired) electrons. The van der Waals surface area contributed by atoms with Crippen molar-refractivity contribution in [2.75, 3.05) is 45.9 Å². The second-order valence-corrected chi connectivity index (χ2v) is 11.8. The number of likely N-dealkylation sites (tertiary alicyclic amines) is 1. The van der Waals surface area contributed by atoms with Gasteiger partial charge in [0.25, 0.3) is 11.8 Å². The van der Waals surface area contributed by atoms with Gasteiger partial charge in [-0.05, 0) is 50.3 Å². The second-order valence-electron chi connectivity index (χ2n) is 10.8. The van der Waals surface area contributed by atoms with Crippen LogP contribution in [0.1, 0.15) is 68.6 Å². The number of aromatic nitrogens is 1. The molecule has 3 amide bonds. The van der Waals surface area contributed by atoms with Crippen LogP contribution in [-0.2, 0) is 15.7 Å².